The molecule has 0 aromatic carbocycles. The Kier molecular flexibility index (Phi) is 4.65. The summed E-state index contributed by atoms with van der Waals surface area (Å²) in [5.41, 5.74) is 2.83. The lowest BCUT2D eigenvalue weighted by molar-refractivity contribution is 0.180. The van der Waals surface area contributed by atoms with Gasteiger partial charge in [0.05, 0.1) is 5.69 Å². The minimum absolute atomic E-state index is 0.641. The van der Waals surface area contributed by atoms with E-state index in [-0.39, 0.29) is 0 Å². The van der Waals surface area contributed by atoms with Crippen molar-refractivity contribution < 1.29 is 0 Å². The van der Waals surface area contributed by atoms with Crippen LogP contribution in [-0.4, -0.2) is 40.6 Å². The van der Waals surface area contributed by atoms with Gasteiger partial charge in [-0.2, -0.15) is 0 Å². The fraction of sp³-hybridized carbons (Fsp3) is 0.824. The van der Waals surface area contributed by atoms with Gasteiger partial charge in [0.15, 0.2) is 0 Å². The fourth-order valence-electron chi connectivity index (χ4n) is 3.86. The lowest BCUT2D eigenvalue weighted by Gasteiger charge is -2.35. The third kappa shape index (κ3) is 3.16. The van der Waals surface area contributed by atoms with Crippen LogP contribution in [-0.2, 0) is 19.4 Å². The van der Waals surface area contributed by atoms with E-state index in [0.717, 1.165) is 25.9 Å². The van der Waals surface area contributed by atoms with Gasteiger partial charge in [-0.1, -0.05) is 20.8 Å². The maximum atomic E-state index is 5.00. The average Bonchev–Trinajstić information content (AvgIpc) is 2.84. The second-order valence-corrected chi connectivity index (χ2v) is 7.01. The van der Waals surface area contributed by atoms with Gasteiger partial charge in [0.2, 0.25) is 0 Å². The maximum absolute atomic E-state index is 5.00. The first kappa shape index (κ1) is 15.0. The normalized spacial score (nSPS) is 23.5. The minimum atomic E-state index is 0.641. The summed E-state index contributed by atoms with van der Waals surface area (Å²) in [6.45, 7) is 12.6. The molecule has 0 radical (unpaired) electrons. The molecule has 4 heteroatoms. The zero-order valence-electron chi connectivity index (χ0n) is 13.9. The van der Waals surface area contributed by atoms with Gasteiger partial charge in [-0.3, -0.25) is 0 Å². The van der Waals surface area contributed by atoms with Crippen molar-refractivity contribution in [3.8, 4) is 0 Å². The highest BCUT2D eigenvalue weighted by Gasteiger charge is 2.28. The SMILES string of the molecule is CCN1CCCC(n2c(CC(C)C)nc3c2CCNC3)C1. The molecule has 3 heterocycles. The van der Waals surface area contributed by atoms with Gasteiger partial charge >= 0.3 is 0 Å². The summed E-state index contributed by atoms with van der Waals surface area (Å²) in [7, 11) is 0. The highest BCUT2D eigenvalue weighted by molar-refractivity contribution is 5.22. The van der Waals surface area contributed by atoms with Gasteiger partial charge in [-0.05, 0) is 31.8 Å². The molecule has 0 amide bonds. The first-order valence-corrected chi connectivity index (χ1v) is 8.71. The van der Waals surface area contributed by atoms with Crippen LogP contribution in [0.15, 0.2) is 0 Å². The molecule has 1 saturated heterocycles. The average molecular weight is 290 g/mol. The standard InChI is InChI=1S/C17H30N4/c1-4-20-9-5-6-14(12-20)21-16-7-8-18-11-15(16)19-17(21)10-13(2)3/h13-14,18H,4-12H2,1-3H3. The minimum Gasteiger partial charge on any atom is -0.327 e. The number of hydrogen-bond donors (Lipinski definition) is 1. The van der Waals surface area contributed by atoms with Crippen molar-refractivity contribution >= 4 is 0 Å². The van der Waals surface area contributed by atoms with Gasteiger partial charge in [0.1, 0.15) is 5.82 Å². The fourth-order valence-corrected chi connectivity index (χ4v) is 3.86. The van der Waals surface area contributed by atoms with Crippen LogP contribution in [0.25, 0.3) is 0 Å². The van der Waals surface area contributed by atoms with Crippen LogP contribution in [0.5, 0.6) is 0 Å². The Morgan fingerprint density at radius 3 is 3.00 bits per heavy atom. The molecule has 1 atom stereocenters. The third-order valence-electron chi connectivity index (χ3n) is 4.88. The van der Waals surface area contributed by atoms with Crippen LogP contribution in [0.3, 0.4) is 0 Å². The smallest absolute Gasteiger partial charge is 0.109 e. The van der Waals surface area contributed by atoms with Crippen LogP contribution in [0.4, 0.5) is 0 Å². The number of hydrogen-bond acceptors (Lipinski definition) is 3. The number of nitrogens with one attached hydrogen (secondary N) is 1. The van der Waals surface area contributed by atoms with Gasteiger partial charge in [0, 0.05) is 44.2 Å². The topological polar surface area (TPSA) is 33.1 Å². The van der Waals surface area contributed by atoms with Gasteiger partial charge in [-0.25, -0.2) is 4.98 Å². The molecule has 21 heavy (non-hydrogen) atoms. The first-order valence-electron chi connectivity index (χ1n) is 8.71. The highest BCUT2D eigenvalue weighted by atomic mass is 15.2. The number of nitrogens with zero attached hydrogens (tertiary/aromatic N) is 3. The molecular formula is C17H30N4. The van der Waals surface area contributed by atoms with E-state index in [4.69, 9.17) is 4.98 Å². The molecule has 1 N–H and O–H groups in total. The number of rotatable bonds is 4. The summed E-state index contributed by atoms with van der Waals surface area (Å²) in [5, 5.41) is 3.47. The molecule has 0 aliphatic carbocycles. The molecule has 2 aliphatic rings. The molecule has 0 spiro atoms. The third-order valence-corrected chi connectivity index (χ3v) is 4.88. The monoisotopic (exact) mass is 290 g/mol. The Hall–Kier alpha value is -0.870. The molecule has 0 saturated carbocycles. The van der Waals surface area contributed by atoms with Crippen molar-refractivity contribution in [2.75, 3.05) is 26.2 Å². The van der Waals surface area contributed by atoms with Gasteiger partial charge in [0.25, 0.3) is 0 Å². The van der Waals surface area contributed by atoms with E-state index in [1.165, 1.54) is 49.7 Å². The second kappa shape index (κ2) is 6.49. The summed E-state index contributed by atoms with van der Waals surface area (Å²) in [4.78, 5) is 7.60. The lowest BCUT2D eigenvalue weighted by atomic mass is 10.0. The molecule has 1 aromatic rings. The summed E-state index contributed by atoms with van der Waals surface area (Å²) in [6, 6.07) is 0.641. The van der Waals surface area contributed by atoms with E-state index < -0.39 is 0 Å². The zero-order valence-corrected chi connectivity index (χ0v) is 13.9. The first-order chi connectivity index (χ1) is 10.2. The van der Waals surface area contributed by atoms with E-state index in [2.05, 4.69) is 35.6 Å². The molecule has 118 valence electrons. The largest absolute Gasteiger partial charge is 0.327 e. The second-order valence-electron chi connectivity index (χ2n) is 7.01. The number of imidazole rings is 1. The maximum Gasteiger partial charge on any atom is 0.109 e. The van der Waals surface area contributed by atoms with E-state index in [9.17, 15) is 0 Å². The number of piperidine rings is 1. The quantitative estimate of drug-likeness (QED) is 0.924. The van der Waals surface area contributed by atoms with E-state index in [1.54, 1.807) is 0 Å². The molecule has 0 bridgehead atoms. The van der Waals surface area contributed by atoms with Crippen molar-refractivity contribution in [2.45, 2.75) is 59.0 Å². The molecule has 4 nitrogen and oxygen atoms in total. The number of aromatic nitrogens is 2. The zero-order chi connectivity index (χ0) is 14.8. The predicted octanol–water partition coefficient (Wildman–Crippen LogP) is 2.38. The van der Waals surface area contributed by atoms with Crippen LogP contribution >= 0.6 is 0 Å². The van der Waals surface area contributed by atoms with E-state index >= 15 is 0 Å². The van der Waals surface area contributed by atoms with E-state index in [0.29, 0.717) is 12.0 Å². The van der Waals surface area contributed by atoms with Crippen LogP contribution < -0.4 is 5.32 Å². The molecule has 2 aliphatic heterocycles. The Labute approximate surface area is 128 Å². The molecular weight excluding hydrogens is 260 g/mol. The van der Waals surface area contributed by atoms with Crippen LogP contribution in [0.2, 0.25) is 0 Å². The predicted molar refractivity (Wildman–Crippen MR) is 86.6 cm³/mol. The van der Waals surface area contributed by atoms with Gasteiger partial charge < -0.3 is 14.8 Å². The molecule has 3 rings (SSSR count). The number of likely N-dealkylation sites (tertiary alicyclic amines) is 1. The number of fused-ring (bicyclic) bond motifs is 1. The van der Waals surface area contributed by atoms with Crippen molar-refractivity contribution in [3.63, 3.8) is 0 Å². The Morgan fingerprint density at radius 2 is 2.24 bits per heavy atom. The van der Waals surface area contributed by atoms with Crippen LogP contribution in [0.1, 0.15) is 56.9 Å². The van der Waals surface area contributed by atoms with Crippen molar-refractivity contribution in [1.82, 2.24) is 19.8 Å². The summed E-state index contributed by atoms with van der Waals surface area (Å²) < 4.78 is 2.64. The van der Waals surface area contributed by atoms with Crippen molar-refractivity contribution in [3.05, 3.63) is 17.2 Å². The van der Waals surface area contributed by atoms with Crippen molar-refractivity contribution in [2.24, 2.45) is 5.92 Å². The Balaban J connectivity index is 1.92. The summed E-state index contributed by atoms with van der Waals surface area (Å²) >= 11 is 0. The Bertz CT molecular complexity index is 477. The summed E-state index contributed by atoms with van der Waals surface area (Å²) in [6.07, 6.45) is 4.89. The summed E-state index contributed by atoms with van der Waals surface area (Å²) in [5.74, 6) is 2.01. The molecule has 1 aromatic heterocycles. The van der Waals surface area contributed by atoms with E-state index in [1.807, 2.05) is 0 Å². The molecule has 1 unspecified atom stereocenters. The Morgan fingerprint density at radius 1 is 1.38 bits per heavy atom. The number of likely N-dealkylation sites (N-methyl/N-ethyl adjacent to an activating group) is 1. The van der Waals surface area contributed by atoms with Crippen LogP contribution in [0, 0.1) is 5.92 Å². The molecule has 1 fully saturated rings. The highest BCUT2D eigenvalue weighted by Crippen LogP contribution is 2.28. The lowest BCUT2D eigenvalue weighted by Crippen LogP contribution is -2.38. The van der Waals surface area contributed by atoms with Crippen molar-refractivity contribution in [1.29, 1.82) is 0 Å². The van der Waals surface area contributed by atoms with Gasteiger partial charge in [-0.15, -0.1) is 0 Å².